The van der Waals surface area contributed by atoms with Crippen molar-refractivity contribution in [3.8, 4) is 16.9 Å². The van der Waals surface area contributed by atoms with Crippen LogP contribution in [0.4, 0.5) is 5.82 Å². The Morgan fingerprint density at radius 3 is 2.67 bits per heavy atom. The molecule has 0 aliphatic heterocycles. The number of hydrogen-bond acceptors (Lipinski definition) is 3. The first-order chi connectivity index (χ1) is 10.2. The lowest BCUT2D eigenvalue weighted by Crippen LogP contribution is -1.98. The summed E-state index contributed by atoms with van der Waals surface area (Å²) in [6.07, 6.45) is 5.85. The number of unbranched alkanes of at least 4 members (excludes halogenated alkanes) is 3. The summed E-state index contributed by atoms with van der Waals surface area (Å²) in [6, 6.07) is 7.98. The van der Waals surface area contributed by atoms with Crippen LogP contribution in [-0.2, 0) is 13.5 Å². The number of ether oxygens (including phenoxy) is 1. The van der Waals surface area contributed by atoms with Crippen LogP contribution in [0.3, 0.4) is 0 Å². The third kappa shape index (κ3) is 3.38. The van der Waals surface area contributed by atoms with E-state index in [-0.39, 0.29) is 0 Å². The molecule has 0 aliphatic rings. The van der Waals surface area contributed by atoms with Gasteiger partial charge < -0.3 is 10.5 Å². The largest absolute Gasteiger partial charge is 0.496 e. The molecule has 0 atom stereocenters. The molecule has 1 aromatic heterocycles. The number of aromatic nitrogens is 2. The van der Waals surface area contributed by atoms with E-state index in [0.717, 1.165) is 35.4 Å². The Morgan fingerprint density at radius 2 is 1.95 bits per heavy atom. The van der Waals surface area contributed by atoms with Crippen molar-refractivity contribution in [2.24, 2.45) is 7.05 Å². The maximum absolute atomic E-state index is 6.23. The molecule has 2 aromatic rings. The minimum Gasteiger partial charge on any atom is -0.496 e. The van der Waals surface area contributed by atoms with Crippen molar-refractivity contribution >= 4 is 5.82 Å². The molecule has 21 heavy (non-hydrogen) atoms. The maximum Gasteiger partial charge on any atom is 0.129 e. The molecule has 0 bridgehead atoms. The second-order valence-electron chi connectivity index (χ2n) is 5.34. The van der Waals surface area contributed by atoms with E-state index in [1.807, 2.05) is 31.3 Å². The Bertz CT molecular complexity index is 590. The normalized spacial score (nSPS) is 10.8. The standard InChI is InChI=1S/C17H25N3O/c1-4-5-6-7-11-14-16(17(18)20(2)19-14)13-10-8-9-12-15(13)21-3/h8-10,12H,4-7,11,18H2,1-3H3. The van der Waals surface area contributed by atoms with E-state index >= 15 is 0 Å². The Labute approximate surface area is 126 Å². The Balaban J connectivity index is 2.33. The quantitative estimate of drug-likeness (QED) is 0.788. The van der Waals surface area contributed by atoms with Gasteiger partial charge in [0.1, 0.15) is 11.6 Å². The number of nitrogens with two attached hydrogens (primary N) is 1. The predicted molar refractivity (Wildman–Crippen MR) is 87.5 cm³/mol. The lowest BCUT2D eigenvalue weighted by atomic mass is 10.0. The number of aryl methyl sites for hydroxylation is 2. The van der Waals surface area contributed by atoms with E-state index in [0.29, 0.717) is 5.82 Å². The summed E-state index contributed by atoms with van der Waals surface area (Å²) in [5, 5.41) is 4.60. The van der Waals surface area contributed by atoms with Gasteiger partial charge in [-0.25, -0.2) is 0 Å². The number of rotatable bonds is 7. The molecule has 114 valence electrons. The highest BCUT2D eigenvalue weighted by Crippen LogP contribution is 2.36. The van der Waals surface area contributed by atoms with Gasteiger partial charge in [0, 0.05) is 12.6 Å². The average molecular weight is 287 g/mol. The zero-order valence-corrected chi connectivity index (χ0v) is 13.2. The van der Waals surface area contributed by atoms with Crippen molar-refractivity contribution in [2.75, 3.05) is 12.8 Å². The summed E-state index contributed by atoms with van der Waals surface area (Å²) in [4.78, 5) is 0. The van der Waals surface area contributed by atoms with E-state index in [9.17, 15) is 0 Å². The Morgan fingerprint density at radius 1 is 1.19 bits per heavy atom. The van der Waals surface area contributed by atoms with Crippen molar-refractivity contribution in [1.29, 1.82) is 0 Å². The van der Waals surface area contributed by atoms with Gasteiger partial charge in [-0.2, -0.15) is 5.10 Å². The molecule has 0 spiro atoms. The first-order valence-corrected chi connectivity index (χ1v) is 7.63. The van der Waals surface area contributed by atoms with Crippen LogP contribution in [0.1, 0.15) is 38.3 Å². The lowest BCUT2D eigenvalue weighted by molar-refractivity contribution is 0.416. The van der Waals surface area contributed by atoms with Gasteiger partial charge in [-0.05, 0) is 18.9 Å². The second-order valence-corrected chi connectivity index (χ2v) is 5.34. The smallest absolute Gasteiger partial charge is 0.129 e. The molecule has 2 N–H and O–H groups in total. The van der Waals surface area contributed by atoms with Crippen LogP contribution in [-0.4, -0.2) is 16.9 Å². The third-order valence-electron chi connectivity index (χ3n) is 3.81. The Kier molecular flexibility index (Phi) is 5.26. The maximum atomic E-state index is 6.23. The molecule has 0 unspecified atom stereocenters. The summed E-state index contributed by atoms with van der Waals surface area (Å²) in [5.41, 5.74) is 9.34. The topological polar surface area (TPSA) is 53.1 Å². The zero-order chi connectivity index (χ0) is 15.2. The number of hydrogen-bond donors (Lipinski definition) is 1. The van der Waals surface area contributed by atoms with Gasteiger partial charge in [-0.15, -0.1) is 0 Å². The monoisotopic (exact) mass is 287 g/mol. The fourth-order valence-corrected chi connectivity index (χ4v) is 2.63. The Hall–Kier alpha value is -1.97. The molecule has 0 radical (unpaired) electrons. The van der Waals surface area contributed by atoms with Gasteiger partial charge >= 0.3 is 0 Å². The number of methoxy groups -OCH3 is 1. The van der Waals surface area contributed by atoms with Crippen LogP contribution in [0, 0.1) is 0 Å². The van der Waals surface area contributed by atoms with Gasteiger partial charge in [0.2, 0.25) is 0 Å². The molecule has 0 saturated carbocycles. The van der Waals surface area contributed by atoms with Crippen molar-refractivity contribution in [1.82, 2.24) is 9.78 Å². The number of anilines is 1. The van der Waals surface area contributed by atoms with Crippen molar-refractivity contribution in [3.63, 3.8) is 0 Å². The molecule has 4 nitrogen and oxygen atoms in total. The summed E-state index contributed by atoms with van der Waals surface area (Å²) < 4.78 is 7.23. The fourth-order valence-electron chi connectivity index (χ4n) is 2.63. The number of para-hydroxylation sites is 1. The van der Waals surface area contributed by atoms with Gasteiger partial charge in [-0.1, -0.05) is 44.4 Å². The highest BCUT2D eigenvalue weighted by molar-refractivity contribution is 5.80. The first kappa shape index (κ1) is 15.4. The molecule has 1 heterocycles. The minimum absolute atomic E-state index is 0.699. The van der Waals surface area contributed by atoms with Crippen LogP contribution in [0.25, 0.3) is 11.1 Å². The summed E-state index contributed by atoms with van der Waals surface area (Å²) in [6.45, 7) is 2.22. The average Bonchev–Trinajstić information content (AvgIpc) is 2.78. The van der Waals surface area contributed by atoms with E-state index < -0.39 is 0 Å². The van der Waals surface area contributed by atoms with Crippen LogP contribution in [0.2, 0.25) is 0 Å². The highest BCUT2D eigenvalue weighted by Gasteiger charge is 2.18. The molecular weight excluding hydrogens is 262 g/mol. The molecule has 0 saturated heterocycles. The van der Waals surface area contributed by atoms with Crippen molar-refractivity contribution in [2.45, 2.75) is 39.0 Å². The second kappa shape index (κ2) is 7.16. The van der Waals surface area contributed by atoms with Crippen molar-refractivity contribution < 1.29 is 4.74 Å². The van der Waals surface area contributed by atoms with Gasteiger partial charge in [-0.3, -0.25) is 4.68 Å². The molecule has 0 fully saturated rings. The van der Waals surface area contributed by atoms with E-state index in [1.54, 1.807) is 11.8 Å². The highest BCUT2D eigenvalue weighted by atomic mass is 16.5. The van der Waals surface area contributed by atoms with Gasteiger partial charge in [0.05, 0.1) is 18.4 Å². The fraction of sp³-hybridized carbons (Fsp3) is 0.471. The van der Waals surface area contributed by atoms with E-state index in [2.05, 4.69) is 12.0 Å². The molecule has 1 aromatic carbocycles. The number of benzene rings is 1. The van der Waals surface area contributed by atoms with E-state index in [1.165, 1.54) is 19.3 Å². The predicted octanol–water partition coefficient (Wildman–Crippen LogP) is 3.80. The summed E-state index contributed by atoms with van der Waals surface area (Å²) in [7, 11) is 3.58. The SMILES string of the molecule is CCCCCCc1nn(C)c(N)c1-c1ccccc1OC. The van der Waals surface area contributed by atoms with Crippen LogP contribution < -0.4 is 10.5 Å². The van der Waals surface area contributed by atoms with E-state index in [4.69, 9.17) is 10.5 Å². The molecule has 2 rings (SSSR count). The molecule has 0 amide bonds. The summed E-state index contributed by atoms with van der Waals surface area (Å²) in [5.74, 6) is 1.54. The molecular formula is C17H25N3O. The van der Waals surface area contributed by atoms with Crippen molar-refractivity contribution in [3.05, 3.63) is 30.0 Å². The third-order valence-corrected chi connectivity index (χ3v) is 3.81. The van der Waals surface area contributed by atoms with Crippen LogP contribution in [0.5, 0.6) is 5.75 Å². The lowest BCUT2D eigenvalue weighted by Gasteiger charge is -2.09. The van der Waals surface area contributed by atoms with Gasteiger partial charge in [0.25, 0.3) is 0 Å². The zero-order valence-electron chi connectivity index (χ0n) is 13.2. The molecule has 4 heteroatoms. The van der Waals surface area contributed by atoms with Crippen LogP contribution >= 0.6 is 0 Å². The number of nitrogens with zero attached hydrogens (tertiary/aromatic N) is 2. The number of nitrogen functional groups attached to an aromatic ring is 1. The van der Waals surface area contributed by atoms with Gasteiger partial charge in [0.15, 0.2) is 0 Å². The van der Waals surface area contributed by atoms with Crippen LogP contribution in [0.15, 0.2) is 24.3 Å². The molecule has 0 aliphatic carbocycles. The summed E-state index contributed by atoms with van der Waals surface area (Å²) >= 11 is 0. The first-order valence-electron chi connectivity index (χ1n) is 7.63. The minimum atomic E-state index is 0.699.